The van der Waals surface area contributed by atoms with Crippen molar-refractivity contribution in [1.29, 1.82) is 0 Å². The van der Waals surface area contributed by atoms with Crippen molar-refractivity contribution < 1.29 is 33.8 Å². The van der Waals surface area contributed by atoms with Gasteiger partial charge in [0.05, 0.1) is 6.10 Å². The highest BCUT2D eigenvalue weighted by atomic mass is 16.6. The summed E-state index contributed by atoms with van der Waals surface area (Å²) in [6.45, 7) is 6.64. The zero-order valence-corrected chi connectivity index (χ0v) is 20.1. The molecule has 1 N–H and O–H groups in total. The third kappa shape index (κ3) is 3.58. The standard InChI is InChI=1S/C26H36O7/c1-5-22(31)33-26(21(30)14-32-15(2)27)11-9-19-18-7-6-16-12-17(28)8-10-24(16,3)23(18)20(29)13-25(19,26)4/h12,18-20,23,29H,5-11,13-14H2,1-4H3/t18-,19+,20-,23+,24-,25-,26-/m0/s1. The van der Waals surface area contributed by atoms with Crippen molar-refractivity contribution in [2.45, 2.75) is 90.8 Å². The minimum absolute atomic E-state index is 0.00456. The number of aliphatic hydroxyl groups is 1. The van der Waals surface area contributed by atoms with Crippen LogP contribution < -0.4 is 0 Å². The molecule has 4 aliphatic carbocycles. The predicted octanol–water partition coefficient (Wildman–Crippen LogP) is 3.31. The summed E-state index contributed by atoms with van der Waals surface area (Å²) in [5.74, 6) is -0.999. The van der Waals surface area contributed by atoms with E-state index in [1.807, 2.05) is 6.92 Å². The van der Waals surface area contributed by atoms with E-state index in [1.54, 1.807) is 13.0 Å². The van der Waals surface area contributed by atoms with Crippen molar-refractivity contribution in [2.75, 3.05) is 6.61 Å². The van der Waals surface area contributed by atoms with Crippen molar-refractivity contribution in [3.63, 3.8) is 0 Å². The first-order valence-corrected chi connectivity index (χ1v) is 12.3. The Morgan fingerprint density at radius 3 is 2.55 bits per heavy atom. The second-order valence-electron chi connectivity index (χ2n) is 11.0. The van der Waals surface area contributed by atoms with Gasteiger partial charge in [-0.2, -0.15) is 0 Å². The largest absolute Gasteiger partial charge is 0.458 e. The van der Waals surface area contributed by atoms with Crippen LogP contribution >= 0.6 is 0 Å². The first-order chi connectivity index (χ1) is 15.5. The van der Waals surface area contributed by atoms with Gasteiger partial charge in [0, 0.05) is 25.2 Å². The van der Waals surface area contributed by atoms with Crippen molar-refractivity contribution in [3.8, 4) is 0 Å². The van der Waals surface area contributed by atoms with E-state index in [2.05, 4.69) is 6.92 Å². The number of rotatable bonds is 5. The molecule has 0 aromatic carbocycles. The Morgan fingerprint density at radius 1 is 1.15 bits per heavy atom. The second kappa shape index (κ2) is 8.33. The van der Waals surface area contributed by atoms with Crippen LogP contribution in [-0.4, -0.2) is 46.9 Å². The van der Waals surface area contributed by atoms with Gasteiger partial charge in [-0.25, -0.2) is 0 Å². The molecule has 4 aliphatic rings. The van der Waals surface area contributed by atoms with Crippen LogP contribution in [0, 0.1) is 28.6 Å². The van der Waals surface area contributed by atoms with E-state index in [-0.39, 0.29) is 35.4 Å². The molecule has 0 heterocycles. The summed E-state index contributed by atoms with van der Waals surface area (Å²) in [4.78, 5) is 49.4. The fraction of sp³-hybridized carbons (Fsp3) is 0.769. The van der Waals surface area contributed by atoms with Gasteiger partial charge in [0.15, 0.2) is 18.0 Å². The molecule has 182 valence electrons. The highest BCUT2D eigenvalue weighted by Gasteiger charge is 2.70. The molecule has 0 bridgehead atoms. The Hall–Kier alpha value is -2.02. The minimum atomic E-state index is -1.41. The van der Waals surface area contributed by atoms with Crippen LogP contribution in [0.4, 0.5) is 0 Å². The molecule has 3 saturated carbocycles. The van der Waals surface area contributed by atoms with E-state index in [1.165, 1.54) is 6.92 Å². The first kappa shape index (κ1) is 24.1. The fourth-order valence-electron chi connectivity index (χ4n) is 7.91. The number of carbonyl (C=O) groups is 4. The van der Waals surface area contributed by atoms with Crippen LogP contribution in [0.3, 0.4) is 0 Å². The van der Waals surface area contributed by atoms with Gasteiger partial charge in [0.1, 0.15) is 0 Å². The molecule has 0 aromatic heterocycles. The van der Waals surface area contributed by atoms with Crippen LogP contribution in [0.2, 0.25) is 0 Å². The molecule has 0 aromatic rings. The molecular weight excluding hydrogens is 424 g/mol. The highest BCUT2D eigenvalue weighted by Crippen LogP contribution is 2.68. The maximum absolute atomic E-state index is 13.5. The van der Waals surface area contributed by atoms with Crippen molar-refractivity contribution >= 4 is 23.5 Å². The van der Waals surface area contributed by atoms with E-state index in [9.17, 15) is 24.3 Å². The molecule has 0 radical (unpaired) electrons. The maximum Gasteiger partial charge on any atom is 0.306 e. The monoisotopic (exact) mass is 460 g/mol. The molecular formula is C26H36O7. The summed E-state index contributed by atoms with van der Waals surface area (Å²) in [6, 6.07) is 0. The normalized spacial score (nSPS) is 41.8. The van der Waals surface area contributed by atoms with Gasteiger partial charge < -0.3 is 14.6 Å². The van der Waals surface area contributed by atoms with Crippen molar-refractivity contribution in [2.24, 2.45) is 28.6 Å². The average molecular weight is 461 g/mol. The molecule has 0 unspecified atom stereocenters. The molecule has 4 rings (SSSR count). The van der Waals surface area contributed by atoms with Gasteiger partial charge in [-0.05, 0) is 67.8 Å². The lowest BCUT2D eigenvalue weighted by molar-refractivity contribution is -0.202. The lowest BCUT2D eigenvalue weighted by atomic mass is 9.45. The summed E-state index contributed by atoms with van der Waals surface area (Å²) in [5, 5.41) is 11.6. The molecule has 7 heteroatoms. The highest BCUT2D eigenvalue weighted by molar-refractivity contribution is 5.93. The fourth-order valence-corrected chi connectivity index (χ4v) is 7.91. The van der Waals surface area contributed by atoms with E-state index < -0.39 is 41.4 Å². The van der Waals surface area contributed by atoms with Crippen molar-refractivity contribution in [3.05, 3.63) is 11.6 Å². The van der Waals surface area contributed by atoms with Crippen LogP contribution in [0.15, 0.2) is 11.6 Å². The number of carbonyl (C=O) groups excluding carboxylic acids is 4. The van der Waals surface area contributed by atoms with Crippen molar-refractivity contribution in [1.82, 2.24) is 0 Å². The number of hydrogen-bond donors (Lipinski definition) is 1. The smallest absolute Gasteiger partial charge is 0.306 e. The number of fused-ring (bicyclic) bond motifs is 5. The van der Waals surface area contributed by atoms with Crippen LogP contribution in [-0.2, 0) is 28.7 Å². The third-order valence-electron chi connectivity index (χ3n) is 9.45. The lowest BCUT2D eigenvalue weighted by Crippen LogP contribution is -2.63. The molecule has 7 nitrogen and oxygen atoms in total. The Kier molecular flexibility index (Phi) is 6.09. The van der Waals surface area contributed by atoms with Gasteiger partial charge in [-0.1, -0.05) is 26.3 Å². The quantitative estimate of drug-likeness (QED) is 0.627. The number of ether oxygens (including phenoxy) is 2. The van der Waals surface area contributed by atoms with E-state index in [4.69, 9.17) is 9.47 Å². The number of aliphatic hydroxyl groups excluding tert-OH is 1. The maximum atomic E-state index is 13.5. The van der Waals surface area contributed by atoms with Gasteiger partial charge in [-0.3, -0.25) is 19.2 Å². The lowest BCUT2D eigenvalue weighted by Gasteiger charge is -2.60. The second-order valence-corrected chi connectivity index (χ2v) is 11.0. The molecule has 7 atom stereocenters. The summed E-state index contributed by atoms with van der Waals surface area (Å²) >= 11 is 0. The number of hydrogen-bond acceptors (Lipinski definition) is 7. The molecule has 0 spiro atoms. The Balaban J connectivity index is 1.72. The van der Waals surface area contributed by atoms with Crippen LogP contribution in [0.1, 0.15) is 79.1 Å². The number of allylic oxidation sites excluding steroid dienone is 1. The predicted molar refractivity (Wildman–Crippen MR) is 119 cm³/mol. The molecule has 33 heavy (non-hydrogen) atoms. The zero-order valence-electron chi connectivity index (χ0n) is 20.1. The van der Waals surface area contributed by atoms with Gasteiger partial charge in [0.2, 0.25) is 5.78 Å². The minimum Gasteiger partial charge on any atom is -0.458 e. The molecule has 0 aliphatic heterocycles. The Labute approximate surface area is 195 Å². The summed E-state index contributed by atoms with van der Waals surface area (Å²) in [6.07, 6.45) is 5.55. The number of esters is 2. The number of ketones is 2. The van der Waals surface area contributed by atoms with Crippen LogP contribution in [0.25, 0.3) is 0 Å². The summed E-state index contributed by atoms with van der Waals surface area (Å²) in [5.41, 5.74) is -1.25. The molecule has 3 fully saturated rings. The SMILES string of the molecule is CCC(=O)O[C@]1(C(=O)COC(C)=O)CC[C@@H]2[C@@H]3CCC4=CC(=O)CC[C@]4(C)[C@H]3[C@@H](O)C[C@@]21C. The first-order valence-electron chi connectivity index (χ1n) is 12.3. The Morgan fingerprint density at radius 2 is 1.88 bits per heavy atom. The van der Waals surface area contributed by atoms with E-state index in [0.717, 1.165) is 24.8 Å². The molecule has 0 saturated heterocycles. The van der Waals surface area contributed by atoms with Crippen LogP contribution in [0.5, 0.6) is 0 Å². The zero-order chi connectivity index (χ0) is 24.2. The van der Waals surface area contributed by atoms with E-state index in [0.29, 0.717) is 25.7 Å². The summed E-state index contributed by atoms with van der Waals surface area (Å²) in [7, 11) is 0. The van der Waals surface area contributed by atoms with Gasteiger partial charge in [0.25, 0.3) is 0 Å². The average Bonchev–Trinajstić information content (AvgIpc) is 3.04. The number of Topliss-reactive ketones (excluding diaryl/α,β-unsaturated/α-hetero) is 1. The van der Waals surface area contributed by atoms with Gasteiger partial charge >= 0.3 is 11.9 Å². The topological polar surface area (TPSA) is 107 Å². The molecule has 0 amide bonds. The third-order valence-corrected chi connectivity index (χ3v) is 9.45. The Bertz CT molecular complexity index is 906. The summed E-state index contributed by atoms with van der Waals surface area (Å²) < 4.78 is 11.0. The van der Waals surface area contributed by atoms with E-state index >= 15 is 0 Å². The van der Waals surface area contributed by atoms with Gasteiger partial charge in [-0.15, -0.1) is 0 Å².